The van der Waals surface area contributed by atoms with Crippen molar-refractivity contribution in [2.24, 2.45) is 11.8 Å². The summed E-state index contributed by atoms with van der Waals surface area (Å²) in [6, 6.07) is 5.58. The molecule has 128 valence electrons. The molecule has 5 heteroatoms. The van der Waals surface area contributed by atoms with E-state index in [1.807, 2.05) is 18.2 Å². The SMILES string of the molecule is CC(C)CCNC(=O)C1CCCN(Cc2c(Cl)cccc2Cl)C1. The fourth-order valence-electron chi connectivity index (χ4n) is 2.95. The zero-order valence-corrected chi connectivity index (χ0v) is 15.5. The Labute approximate surface area is 149 Å². The summed E-state index contributed by atoms with van der Waals surface area (Å²) >= 11 is 12.5. The largest absolute Gasteiger partial charge is 0.356 e. The Morgan fingerprint density at radius 2 is 2.04 bits per heavy atom. The summed E-state index contributed by atoms with van der Waals surface area (Å²) in [4.78, 5) is 14.6. The lowest BCUT2D eigenvalue weighted by molar-refractivity contribution is -0.126. The molecule has 23 heavy (non-hydrogen) atoms. The van der Waals surface area contributed by atoms with Crippen molar-refractivity contribution in [3.63, 3.8) is 0 Å². The summed E-state index contributed by atoms with van der Waals surface area (Å²) in [6.07, 6.45) is 3.02. The lowest BCUT2D eigenvalue weighted by Gasteiger charge is -2.32. The molecule has 2 rings (SSSR count). The van der Waals surface area contributed by atoms with Crippen LogP contribution in [0.15, 0.2) is 18.2 Å². The molecule has 1 N–H and O–H groups in total. The lowest BCUT2D eigenvalue weighted by Crippen LogP contribution is -2.43. The molecule has 1 aliphatic heterocycles. The molecule has 1 amide bonds. The van der Waals surface area contributed by atoms with E-state index in [-0.39, 0.29) is 11.8 Å². The monoisotopic (exact) mass is 356 g/mol. The number of benzene rings is 1. The molecule has 0 bridgehead atoms. The molecular weight excluding hydrogens is 331 g/mol. The van der Waals surface area contributed by atoms with Crippen molar-refractivity contribution in [2.75, 3.05) is 19.6 Å². The molecule has 1 aromatic carbocycles. The molecule has 1 atom stereocenters. The highest BCUT2D eigenvalue weighted by Crippen LogP contribution is 2.27. The van der Waals surface area contributed by atoms with E-state index in [2.05, 4.69) is 24.1 Å². The number of carbonyl (C=O) groups is 1. The van der Waals surface area contributed by atoms with Gasteiger partial charge in [0.2, 0.25) is 5.91 Å². The van der Waals surface area contributed by atoms with Crippen molar-refractivity contribution in [1.29, 1.82) is 0 Å². The number of carbonyl (C=O) groups excluding carboxylic acids is 1. The number of rotatable bonds is 6. The zero-order chi connectivity index (χ0) is 16.8. The number of halogens is 2. The Kier molecular flexibility index (Phi) is 7.19. The van der Waals surface area contributed by atoms with Crippen LogP contribution in [-0.2, 0) is 11.3 Å². The van der Waals surface area contributed by atoms with Crippen LogP contribution < -0.4 is 5.32 Å². The van der Waals surface area contributed by atoms with Crippen molar-refractivity contribution in [2.45, 2.75) is 39.7 Å². The molecule has 1 heterocycles. The molecule has 3 nitrogen and oxygen atoms in total. The van der Waals surface area contributed by atoms with Crippen LogP contribution in [0.1, 0.15) is 38.7 Å². The number of hydrogen-bond acceptors (Lipinski definition) is 2. The topological polar surface area (TPSA) is 32.3 Å². The van der Waals surface area contributed by atoms with Crippen LogP contribution >= 0.6 is 23.2 Å². The molecule has 1 aromatic rings. The van der Waals surface area contributed by atoms with Crippen molar-refractivity contribution < 1.29 is 4.79 Å². The van der Waals surface area contributed by atoms with Crippen molar-refractivity contribution in [3.8, 4) is 0 Å². The van der Waals surface area contributed by atoms with Crippen molar-refractivity contribution in [3.05, 3.63) is 33.8 Å². The molecular formula is C18H26Cl2N2O. The molecule has 1 unspecified atom stereocenters. The molecule has 0 radical (unpaired) electrons. The van der Waals surface area contributed by atoms with Gasteiger partial charge in [0.1, 0.15) is 0 Å². The summed E-state index contributed by atoms with van der Waals surface area (Å²) in [5.74, 6) is 0.860. The third-order valence-corrected chi connectivity index (χ3v) is 5.05. The van der Waals surface area contributed by atoms with Gasteiger partial charge in [0.25, 0.3) is 0 Å². The Morgan fingerprint density at radius 3 is 2.70 bits per heavy atom. The first kappa shape index (κ1) is 18.6. The first-order valence-corrected chi connectivity index (χ1v) is 9.16. The van der Waals surface area contributed by atoms with E-state index in [1.54, 1.807) is 0 Å². The first-order chi connectivity index (χ1) is 11.0. The van der Waals surface area contributed by atoms with Crippen LogP contribution in [0.3, 0.4) is 0 Å². The molecule has 0 saturated carbocycles. The first-order valence-electron chi connectivity index (χ1n) is 8.40. The van der Waals surface area contributed by atoms with Crippen LogP contribution in [0.2, 0.25) is 10.0 Å². The average Bonchev–Trinajstić information content (AvgIpc) is 2.51. The van der Waals surface area contributed by atoms with Crippen LogP contribution in [0, 0.1) is 11.8 Å². The summed E-state index contributed by atoms with van der Waals surface area (Å²) in [5, 5.41) is 4.46. The predicted octanol–water partition coefficient (Wildman–Crippen LogP) is 4.37. The van der Waals surface area contributed by atoms with Gasteiger partial charge in [-0.3, -0.25) is 9.69 Å². The normalized spacial score (nSPS) is 19.1. The highest BCUT2D eigenvalue weighted by atomic mass is 35.5. The molecule has 0 spiro atoms. The predicted molar refractivity (Wildman–Crippen MR) is 96.9 cm³/mol. The maximum absolute atomic E-state index is 12.3. The summed E-state index contributed by atoms with van der Waals surface area (Å²) in [6.45, 7) is 7.56. The Bertz CT molecular complexity index is 514. The van der Waals surface area contributed by atoms with E-state index in [0.29, 0.717) is 22.5 Å². The fraction of sp³-hybridized carbons (Fsp3) is 0.611. The van der Waals surface area contributed by atoms with Gasteiger partial charge in [-0.2, -0.15) is 0 Å². The van der Waals surface area contributed by atoms with Gasteiger partial charge in [-0.05, 0) is 43.9 Å². The van der Waals surface area contributed by atoms with Gasteiger partial charge in [-0.25, -0.2) is 0 Å². The second-order valence-corrected chi connectivity index (χ2v) is 7.56. The van der Waals surface area contributed by atoms with E-state index < -0.39 is 0 Å². The highest BCUT2D eigenvalue weighted by molar-refractivity contribution is 6.35. The summed E-state index contributed by atoms with van der Waals surface area (Å²) < 4.78 is 0. The quantitative estimate of drug-likeness (QED) is 0.820. The minimum atomic E-state index is 0.0668. The van der Waals surface area contributed by atoms with Crippen LogP contribution in [-0.4, -0.2) is 30.4 Å². The van der Waals surface area contributed by atoms with Crippen LogP contribution in [0.5, 0.6) is 0 Å². The number of amides is 1. The number of piperidine rings is 1. The van der Waals surface area contributed by atoms with E-state index in [4.69, 9.17) is 23.2 Å². The highest BCUT2D eigenvalue weighted by Gasteiger charge is 2.26. The smallest absolute Gasteiger partial charge is 0.224 e. The minimum absolute atomic E-state index is 0.0668. The number of hydrogen-bond donors (Lipinski definition) is 1. The lowest BCUT2D eigenvalue weighted by atomic mass is 9.96. The second kappa shape index (κ2) is 8.91. The Morgan fingerprint density at radius 1 is 1.35 bits per heavy atom. The van der Waals surface area contributed by atoms with Gasteiger partial charge < -0.3 is 5.32 Å². The second-order valence-electron chi connectivity index (χ2n) is 6.75. The summed E-state index contributed by atoms with van der Waals surface area (Å²) in [5.41, 5.74) is 0.955. The van der Waals surface area contributed by atoms with Gasteiger partial charge in [0, 0.05) is 35.2 Å². The maximum Gasteiger partial charge on any atom is 0.224 e. The van der Waals surface area contributed by atoms with Gasteiger partial charge in [-0.1, -0.05) is 43.1 Å². The van der Waals surface area contributed by atoms with Crippen LogP contribution in [0.4, 0.5) is 0 Å². The van der Waals surface area contributed by atoms with Gasteiger partial charge in [0.15, 0.2) is 0 Å². The van der Waals surface area contributed by atoms with Gasteiger partial charge in [0.05, 0.1) is 5.92 Å². The summed E-state index contributed by atoms with van der Waals surface area (Å²) in [7, 11) is 0. The minimum Gasteiger partial charge on any atom is -0.356 e. The molecule has 1 saturated heterocycles. The van der Waals surface area contributed by atoms with Crippen molar-refractivity contribution in [1.82, 2.24) is 10.2 Å². The third kappa shape index (κ3) is 5.66. The molecule has 0 aromatic heterocycles. The molecule has 1 fully saturated rings. The molecule has 1 aliphatic rings. The zero-order valence-electron chi connectivity index (χ0n) is 13.9. The van der Waals surface area contributed by atoms with E-state index in [9.17, 15) is 4.79 Å². The van der Waals surface area contributed by atoms with E-state index in [1.165, 1.54) is 0 Å². The molecule has 0 aliphatic carbocycles. The van der Waals surface area contributed by atoms with Gasteiger partial charge >= 0.3 is 0 Å². The fourth-order valence-corrected chi connectivity index (χ4v) is 3.47. The Balaban J connectivity index is 1.89. The number of likely N-dealkylation sites (tertiary alicyclic amines) is 1. The van der Waals surface area contributed by atoms with Gasteiger partial charge in [-0.15, -0.1) is 0 Å². The maximum atomic E-state index is 12.3. The third-order valence-electron chi connectivity index (χ3n) is 4.34. The Hall–Kier alpha value is -0.770. The number of nitrogens with zero attached hydrogens (tertiary/aromatic N) is 1. The average molecular weight is 357 g/mol. The standard InChI is InChI=1S/C18H26Cl2N2O/c1-13(2)8-9-21-18(23)14-5-4-10-22(11-14)12-15-16(19)6-3-7-17(15)20/h3,6-7,13-14H,4-5,8-12H2,1-2H3,(H,21,23). The number of nitrogens with one attached hydrogen (secondary N) is 1. The van der Waals surface area contributed by atoms with Crippen molar-refractivity contribution >= 4 is 29.1 Å². The van der Waals surface area contributed by atoms with Crippen LogP contribution in [0.25, 0.3) is 0 Å². The van der Waals surface area contributed by atoms with E-state index in [0.717, 1.165) is 44.5 Å². The van der Waals surface area contributed by atoms with E-state index >= 15 is 0 Å².